The summed E-state index contributed by atoms with van der Waals surface area (Å²) < 4.78 is 30.7. The molecule has 5 rings (SSSR count). The van der Waals surface area contributed by atoms with Gasteiger partial charge in [-0.25, -0.2) is 4.79 Å². The molecule has 1 saturated heterocycles. The van der Waals surface area contributed by atoms with Crippen molar-refractivity contribution in [2.24, 2.45) is 0 Å². The second kappa shape index (κ2) is 14.5. The number of ether oxygens (including phenoxy) is 5. The molecule has 0 unspecified atom stereocenters. The van der Waals surface area contributed by atoms with Crippen LogP contribution in [0.3, 0.4) is 0 Å². The molecule has 0 amide bonds. The lowest BCUT2D eigenvalue weighted by molar-refractivity contribution is -0.384. The summed E-state index contributed by atoms with van der Waals surface area (Å²) in [4.78, 5) is 23.6. The Morgan fingerprint density at radius 1 is 0.690 bits per heavy atom. The Kier molecular flexibility index (Phi) is 10.0. The third-order valence-electron chi connectivity index (χ3n) is 6.77. The first kappa shape index (κ1) is 29.1. The predicted molar refractivity (Wildman–Crippen MR) is 153 cm³/mol. The molecule has 0 spiro atoms. The minimum Gasteiger partial charge on any atom is -0.429 e. The molecule has 0 radical (unpaired) electrons. The molecule has 42 heavy (non-hydrogen) atoms. The molecule has 1 heterocycles. The highest BCUT2D eigenvalue weighted by Crippen LogP contribution is 2.31. The van der Waals surface area contributed by atoms with Crippen LogP contribution < -0.4 is 0 Å². The first-order valence-corrected chi connectivity index (χ1v) is 13.6. The molecule has 0 aliphatic carbocycles. The average molecular weight is 570 g/mol. The number of carbonyl (C=O) groups is 1. The van der Waals surface area contributed by atoms with Gasteiger partial charge in [0.05, 0.1) is 36.9 Å². The zero-order chi connectivity index (χ0) is 29.1. The van der Waals surface area contributed by atoms with E-state index in [4.69, 9.17) is 23.7 Å². The third-order valence-corrected chi connectivity index (χ3v) is 6.77. The second-order valence-electron chi connectivity index (χ2n) is 9.78. The van der Waals surface area contributed by atoms with Gasteiger partial charge in [-0.2, -0.15) is 0 Å². The molecule has 216 valence electrons. The first-order chi connectivity index (χ1) is 20.6. The van der Waals surface area contributed by atoms with Crippen molar-refractivity contribution in [1.29, 1.82) is 0 Å². The lowest BCUT2D eigenvalue weighted by Crippen LogP contribution is -2.40. The maximum Gasteiger partial charge on any atom is 0.340 e. The van der Waals surface area contributed by atoms with E-state index < -0.39 is 35.5 Å². The topological polar surface area (TPSA) is 106 Å². The molecule has 1 fully saturated rings. The van der Waals surface area contributed by atoms with Crippen LogP contribution in [0, 0.1) is 10.1 Å². The smallest absolute Gasteiger partial charge is 0.340 e. The van der Waals surface area contributed by atoms with Crippen molar-refractivity contribution < 1.29 is 33.4 Å². The highest BCUT2D eigenvalue weighted by molar-refractivity contribution is 5.89. The number of carbonyl (C=O) groups excluding carboxylic acids is 1. The number of nitrogens with zero attached hydrogens (tertiary/aromatic N) is 1. The molecular weight excluding hydrogens is 538 g/mol. The molecule has 4 atom stereocenters. The van der Waals surface area contributed by atoms with Gasteiger partial charge in [0, 0.05) is 12.1 Å². The Hall–Kier alpha value is -4.41. The van der Waals surface area contributed by atoms with E-state index >= 15 is 0 Å². The number of rotatable bonds is 13. The molecule has 9 heteroatoms. The Bertz CT molecular complexity index is 1420. The van der Waals surface area contributed by atoms with Crippen molar-refractivity contribution in [3.63, 3.8) is 0 Å². The van der Waals surface area contributed by atoms with Gasteiger partial charge in [-0.1, -0.05) is 91.0 Å². The summed E-state index contributed by atoms with van der Waals surface area (Å²) in [7, 11) is 0. The van der Waals surface area contributed by atoms with Crippen LogP contribution in [0.2, 0.25) is 0 Å². The first-order valence-electron chi connectivity index (χ1n) is 13.6. The van der Waals surface area contributed by atoms with Crippen LogP contribution in [0.1, 0.15) is 27.0 Å². The minimum atomic E-state index is -1.11. The second-order valence-corrected chi connectivity index (χ2v) is 9.78. The fourth-order valence-corrected chi connectivity index (χ4v) is 4.59. The van der Waals surface area contributed by atoms with E-state index in [0.29, 0.717) is 6.61 Å². The Labute approximate surface area is 243 Å². The normalized spacial score (nSPS) is 19.8. The fourth-order valence-electron chi connectivity index (χ4n) is 4.59. The molecule has 1 aliphatic heterocycles. The van der Waals surface area contributed by atoms with Gasteiger partial charge < -0.3 is 23.7 Å². The van der Waals surface area contributed by atoms with Gasteiger partial charge in [0.2, 0.25) is 6.29 Å². The van der Waals surface area contributed by atoms with E-state index in [-0.39, 0.29) is 31.1 Å². The van der Waals surface area contributed by atoms with E-state index in [2.05, 4.69) is 0 Å². The Morgan fingerprint density at radius 3 is 1.71 bits per heavy atom. The maximum absolute atomic E-state index is 13.1. The Balaban J connectivity index is 1.35. The lowest BCUT2D eigenvalue weighted by atomic mass is 10.1. The van der Waals surface area contributed by atoms with Gasteiger partial charge >= 0.3 is 5.97 Å². The molecular formula is C33H31NO8. The lowest BCUT2D eigenvalue weighted by Gasteiger charge is -2.25. The highest BCUT2D eigenvalue weighted by Gasteiger charge is 2.48. The zero-order valence-corrected chi connectivity index (χ0v) is 22.8. The van der Waals surface area contributed by atoms with E-state index in [1.54, 1.807) is 0 Å². The van der Waals surface area contributed by atoms with E-state index in [9.17, 15) is 14.9 Å². The molecule has 1 aliphatic rings. The van der Waals surface area contributed by atoms with Crippen LogP contribution in [0.4, 0.5) is 5.69 Å². The molecule has 9 nitrogen and oxygen atoms in total. The van der Waals surface area contributed by atoms with Crippen LogP contribution in [-0.4, -0.2) is 42.1 Å². The highest BCUT2D eigenvalue weighted by atomic mass is 16.7. The number of nitro benzene ring substituents is 1. The summed E-state index contributed by atoms with van der Waals surface area (Å²) in [6.07, 6.45) is -3.11. The van der Waals surface area contributed by atoms with E-state index in [1.165, 1.54) is 24.3 Å². The molecule has 0 aromatic heterocycles. The third kappa shape index (κ3) is 7.86. The van der Waals surface area contributed by atoms with Crippen LogP contribution in [-0.2, 0) is 43.5 Å². The van der Waals surface area contributed by atoms with Crippen molar-refractivity contribution in [1.82, 2.24) is 0 Å². The van der Waals surface area contributed by atoms with E-state index in [0.717, 1.165) is 16.7 Å². The largest absolute Gasteiger partial charge is 0.429 e. The summed E-state index contributed by atoms with van der Waals surface area (Å²) in [6.45, 7) is 1.07. The van der Waals surface area contributed by atoms with Crippen molar-refractivity contribution in [2.75, 3.05) is 6.61 Å². The molecule has 0 bridgehead atoms. The maximum atomic E-state index is 13.1. The number of hydrogen-bond donors (Lipinski definition) is 0. The minimum absolute atomic E-state index is 0.127. The number of non-ortho nitro benzene ring substituents is 1. The SMILES string of the molecule is O=C(O[C@@H]1O[C@H](COCc2ccccc2)[C@@H](OCc2ccccc2)[C@@H]1OCc1ccccc1)c1ccc([N+](=O)[O-])cc1. The van der Waals surface area contributed by atoms with Gasteiger partial charge in [-0.3, -0.25) is 10.1 Å². The Morgan fingerprint density at radius 2 is 1.19 bits per heavy atom. The standard InChI is InChI=1S/C33H31NO8/c35-32(27-16-18-28(19-17-27)34(36)37)42-33-31(40-22-26-14-8-3-9-15-26)30(39-21-25-12-6-2-7-13-25)29(41-33)23-38-20-24-10-4-1-5-11-24/h1-19,29-31,33H,20-23H2/t29-,30-,31+,33+/m1/s1. The van der Waals surface area contributed by atoms with Gasteiger partial charge in [-0.15, -0.1) is 0 Å². The van der Waals surface area contributed by atoms with Crippen LogP contribution in [0.5, 0.6) is 0 Å². The number of benzene rings is 4. The number of esters is 1. The molecule has 0 saturated carbocycles. The van der Waals surface area contributed by atoms with Gasteiger partial charge in [0.1, 0.15) is 18.3 Å². The fraction of sp³-hybridized carbons (Fsp3) is 0.242. The summed E-state index contributed by atoms with van der Waals surface area (Å²) >= 11 is 0. The van der Waals surface area contributed by atoms with Crippen molar-refractivity contribution in [2.45, 2.75) is 44.4 Å². The quantitative estimate of drug-likeness (QED) is 0.112. The number of nitro groups is 1. The summed E-state index contributed by atoms with van der Waals surface area (Å²) in [5, 5.41) is 11.0. The van der Waals surface area contributed by atoms with Gasteiger partial charge in [0.25, 0.3) is 5.69 Å². The van der Waals surface area contributed by atoms with Crippen molar-refractivity contribution >= 4 is 11.7 Å². The van der Waals surface area contributed by atoms with Crippen LogP contribution >= 0.6 is 0 Å². The van der Waals surface area contributed by atoms with Crippen molar-refractivity contribution in [3.8, 4) is 0 Å². The molecule has 0 N–H and O–H groups in total. The summed E-state index contributed by atoms with van der Waals surface area (Å²) in [5.41, 5.74) is 2.93. The zero-order valence-electron chi connectivity index (χ0n) is 22.8. The van der Waals surface area contributed by atoms with Crippen molar-refractivity contribution in [3.05, 3.63) is 148 Å². The average Bonchev–Trinajstić information content (AvgIpc) is 3.35. The summed E-state index contributed by atoms with van der Waals surface area (Å²) in [5.74, 6) is -0.698. The van der Waals surface area contributed by atoms with Crippen LogP contribution in [0.25, 0.3) is 0 Å². The van der Waals surface area contributed by atoms with Crippen LogP contribution in [0.15, 0.2) is 115 Å². The van der Waals surface area contributed by atoms with Gasteiger partial charge in [0.15, 0.2) is 0 Å². The van der Waals surface area contributed by atoms with E-state index in [1.807, 2.05) is 91.0 Å². The molecule has 4 aromatic rings. The molecule has 4 aromatic carbocycles. The number of hydrogen-bond acceptors (Lipinski definition) is 8. The summed E-state index contributed by atoms with van der Waals surface area (Å²) in [6, 6.07) is 34.3. The monoisotopic (exact) mass is 569 g/mol. The van der Waals surface area contributed by atoms with Gasteiger partial charge in [-0.05, 0) is 28.8 Å². The predicted octanol–water partition coefficient (Wildman–Crippen LogP) is 5.86.